The molecule has 9 atom stereocenters. The molecule has 0 spiro atoms. The fraction of sp³-hybridized carbons (Fsp3) is 0.900. The lowest BCUT2D eigenvalue weighted by Crippen LogP contribution is -2.54. The molecule has 24 heavy (non-hydrogen) atoms. The van der Waals surface area contributed by atoms with E-state index in [9.17, 15) is 15.3 Å². The molecule has 3 saturated carbocycles. The highest BCUT2D eigenvalue weighted by Crippen LogP contribution is 2.73. The maximum atomic E-state index is 11.0. The zero-order valence-corrected chi connectivity index (χ0v) is 16.6. The second-order valence-electron chi connectivity index (χ2n) is 9.84. The number of rotatable bonds is 2. The molecule has 0 aromatic rings. The number of hydrogen-bond donors (Lipinski definition) is 3. The van der Waals surface area contributed by atoms with Crippen molar-refractivity contribution in [1.82, 2.24) is 0 Å². The first-order valence-corrected chi connectivity index (χ1v) is 10.4. The zero-order valence-electron chi connectivity index (χ0n) is 15.0. The summed E-state index contributed by atoms with van der Waals surface area (Å²) in [5, 5.41) is 31.2. The van der Waals surface area contributed by atoms with Crippen molar-refractivity contribution in [1.29, 1.82) is 0 Å². The van der Waals surface area contributed by atoms with Gasteiger partial charge in [-0.2, -0.15) is 0 Å². The summed E-state index contributed by atoms with van der Waals surface area (Å²) in [6, 6.07) is 0. The summed E-state index contributed by atoms with van der Waals surface area (Å²) < 4.78 is 0. The highest BCUT2D eigenvalue weighted by Gasteiger charge is 2.69. The normalized spacial score (nSPS) is 57.3. The maximum Gasteiger partial charge on any atom is 0.0609 e. The van der Waals surface area contributed by atoms with E-state index in [1.54, 1.807) is 0 Å². The number of allylic oxidation sites excluding steroid dienone is 1. The molecule has 4 aliphatic rings. The van der Waals surface area contributed by atoms with E-state index in [1.165, 1.54) is 5.57 Å². The van der Waals surface area contributed by atoms with E-state index in [1.807, 2.05) is 0 Å². The lowest BCUT2D eigenvalue weighted by molar-refractivity contribution is -0.0790. The van der Waals surface area contributed by atoms with E-state index in [0.717, 1.165) is 32.1 Å². The Bertz CT molecular complexity index is 577. The molecule has 3 nitrogen and oxygen atoms in total. The summed E-state index contributed by atoms with van der Waals surface area (Å²) in [7, 11) is 0. The van der Waals surface area contributed by atoms with Crippen LogP contribution in [0.1, 0.15) is 52.9 Å². The maximum absolute atomic E-state index is 11.0. The average Bonchev–Trinajstić information content (AvgIpc) is 3.23. The number of fused-ring (bicyclic) bond motifs is 5. The summed E-state index contributed by atoms with van der Waals surface area (Å²) in [6.07, 6.45) is 6.54. The summed E-state index contributed by atoms with van der Waals surface area (Å²) in [5.74, 6) is 1.09. The van der Waals surface area contributed by atoms with Crippen molar-refractivity contribution in [2.45, 2.75) is 69.9 Å². The molecule has 0 aliphatic heterocycles. The molecule has 0 unspecified atom stereocenters. The highest BCUT2D eigenvalue weighted by atomic mass is 79.9. The summed E-state index contributed by atoms with van der Waals surface area (Å²) >= 11 is 3.65. The van der Waals surface area contributed by atoms with Gasteiger partial charge in [0.05, 0.1) is 18.8 Å². The van der Waals surface area contributed by atoms with Crippen LogP contribution in [-0.4, -0.2) is 39.0 Å². The molecule has 4 rings (SSSR count). The third-order valence-corrected chi connectivity index (χ3v) is 9.80. The predicted molar refractivity (Wildman–Crippen MR) is 97.8 cm³/mol. The number of halogens is 1. The van der Waals surface area contributed by atoms with Crippen LogP contribution in [0.3, 0.4) is 0 Å². The average molecular weight is 399 g/mol. The first-order valence-electron chi connectivity index (χ1n) is 9.47. The van der Waals surface area contributed by atoms with Crippen LogP contribution >= 0.6 is 15.9 Å². The van der Waals surface area contributed by atoms with E-state index < -0.39 is 0 Å². The van der Waals surface area contributed by atoms with Gasteiger partial charge in [-0.15, -0.1) is 0 Å². The number of aliphatic hydroxyl groups is 3. The molecule has 0 amide bonds. The van der Waals surface area contributed by atoms with Crippen LogP contribution in [0.25, 0.3) is 0 Å². The van der Waals surface area contributed by atoms with Gasteiger partial charge in [0.2, 0.25) is 0 Å². The lowest BCUT2D eigenvalue weighted by Gasteiger charge is -2.58. The van der Waals surface area contributed by atoms with Gasteiger partial charge in [0.25, 0.3) is 0 Å². The Morgan fingerprint density at radius 1 is 1.17 bits per heavy atom. The molecule has 0 bridgehead atoms. The molecular weight excluding hydrogens is 368 g/mol. The summed E-state index contributed by atoms with van der Waals surface area (Å²) in [5.41, 5.74) is 1.61. The number of alkyl halides is 1. The van der Waals surface area contributed by atoms with Gasteiger partial charge < -0.3 is 15.3 Å². The predicted octanol–water partition coefficient (Wildman–Crippen LogP) is 3.26. The van der Waals surface area contributed by atoms with Crippen LogP contribution in [0.4, 0.5) is 0 Å². The fourth-order valence-electron chi connectivity index (χ4n) is 6.76. The Kier molecular flexibility index (Phi) is 3.87. The van der Waals surface area contributed by atoms with Gasteiger partial charge in [-0.1, -0.05) is 48.4 Å². The van der Waals surface area contributed by atoms with E-state index in [2.05, 4.69) is 42.8 Å². The SMILES string of the molecule is C[C@]1([C@H](Br)CO)CC=C2[C@@H](C1)[C@H](O)C[C@@H]1[C@@]3(C)C[C@H]3[C@H](O)C[C@@]21C. The van der Waals surface area contributed by atoms with Crippen LogP contribution in [-0.2, 0) is 0 Å². The Labute approximate surface area is 153 Å². The van der Waals surface area contributed by atoms with Crippen LogP contribution in [0.5, 0.6) is 0 Å². The largest absolute Gasteiger partial charge is 0.395 e. The second-order valence-corrected chi connectivity index (χ2v) is 10.9. The van der Waals surface area contributed by atoms with Crippen molar-refractivity contribution in [2.75, 3.05) is 6.61 Å². The van der Waals surface area contributed by atoms with Crippen molar-refractivity contribution < 1.29 is 15.3 Å². The van der Waals surface area contributed by atoms with Gasteiger partial charge in [-0.05, 0) is 60.2 Å². The first-order chi connectivity index (χ1) is 11.2. The van der Waals surface area contributed by atoms with E-state index in [4.69, 9.17) is 0 Å². The molecule has 0 aromatic heterocycles. The Hall–Kier alpha value is 0.100. The smallest absolute Gasteiger partial charge is 0.0609 e. The Balaban J connectivity index is 1.71. The van der Waals surface area contributed by atoms with E-state index in [-0.39, 0.29) is 45.8 Å². The highest BCUT2D eigenvalue weighted by molar-refractivity contribution is 9.09. The van der Waals surface area contributed by atoms with Crippen LogP contribution in [0.2, 0.25) is 0 Å². The summed E-state index contributed by atoms with van der Waals surface area (Å²) in [6.45, 7) is 7.00. The van der Waals surface area contributed by atoms with Gasteiger partial charge in [0.15, 0.2) is 0 Å². The summed E-state index contributed by atoms with van der Waals surface area (Å²) in [4.78, 5) is 0.0582. The van der Waals surface area contributed by atoms with E-state index >= 15 is 0 Å². The van der Waals surface area contributed by atoms with Gasteiger partial charge in [0, 0.05) is 10.7 Å². The Morgan fingerprint density at radius 3 is 2.54 bits per heavy atom. The minimum absolute atomic E-state index is 0.0212. The van der Waals surface area contributed by atoms with Crippen molar-refractivity contribution in [2.24, 2.45) is 34.0 Å². The zero-order chi connectivity index (χ0) is 17.5. The number of hydrogen-bond acceptors (Lipinski definition) is 3. The third kappa shape index (κ3) is 2.19. The van der Waals surface area contributed by atoms with Crippen molar-refractivity contribution in [3.63, 3.8) is 0 Å². The molecule has 136 valence electrons. The van der Waals surface area contributed by atoms with Crippen LogP contribution in [0.15, 0.2) is 11.6 Å². The molecule has 3 fully saturated rings. The minimum atomic E-state index is -0.291. The molecular formula is C20H31BrO3. The van der Waals surface area contributed by atoms with Crippen molar-refractivity contribution in [3.8, 4) is 0 Å². The van der Waals surface area contributed by atoms with E-state index in [0.29, 0.717) is 11.8 Å². The first kappa shape index (κ1) is 17.5. The van der Waals surface area contributed by atoms with Gasteiger partial charge >= 0.3 is 0 Å². The molecule has 0 saturated heterocycles. The second kappa shape index (κ2) is 5.31. The molecule has 0 radical (unpaired) electrons. The monoisotopic (exact) mass is 398 g/mol. The van der Waals surface area contributed by atoms with Crippen LogP contribution in [0, 0.1) is 34.0 Å². The minimum Gasteiger partial charge on any atom is -0.395 e. The third-order valence-electron chi connectivity index (χ3n) is 8.40. The lowest BCUT2D eigenvalue weighted by atomic mass is 9.48. The van der Waals surface area contributed by atoms with Gasteiger partial charge in [-0.25, -0.2) is 0 Å². The Morgan fingerprint density at radius 2 is 1.88 bits per heavy atom. The standard InChI is InChI=1S/C20H31BrO3/c1-18(17(21)10-22)5-4-12-11(7-18)14(23)6-16-19(2)8-13(19)15(24)9-20(12,16)3/h4,11,13-17,22-24H,5-10H2,1-3H3/t11-,13+,14-,15-,16-,17-,18+,19+,20+/m1/s1. The van der Waals surface area contributed by atoms with Crippen LogP contribution < -0.4 is 0 Å². The van der Waals surface area contributed by atoms with Crippen molar-refractivity contribution in [3.05, 3.63) is 11.6 Å². The molecule has 0 aromatic carbocycles. The molecule has 4 heteroatoms. The molecule has 4 aliphatic carbocycles. The van der Waals surface area contributed by atoms with Gasteiger partial charge in [-0.3, -0.25) is 0 Å². The molecule has 0 heterocycles. The number of aliphatic hydroxyl groups excluding tert-OH is 3. The topological polar surface area (TPSA) is 60.7 Å². The quantitative estimate of drug-likeness (QED) is 0.494. The van der Waals surface area contributed by atoms with Gasteiger partial charge in [0.1, 0.15) is 0 Å². The molecule has 3 N–H and O–H groups in total. The van der Waals surface area contributed by atoms with Crippen molar-refractivity contribution >= 4 is 15.9 Å². The fourth-order valence-corrected chi connectivity index (χ4v) is 7.13.